The Bertz CT molecular complexity index is 652. The van der Waals surface area contributed by atoms with Gasteiger partial charge >= 0.3 is 0 Å². The summed E-state index contributed by atoms with van der Waals surface area (Å²) in [4.78, 5) is 0. The van der Waals surface area contributed by atoms with E-state index in [9.17, 15) is 13.9 Å². The molecular formula is C15H13Cl2F2NO. The zero-order valence-corrected chi connectivity index (χ0v) is 12.4. The molecule has 2 nitrogen and oxygen atoms in total. The lowest BCUT2D eigenvalue weighted by Gasteiger charge is -2.23. The van der Waals surface area contributed by atoms with E-state index in [1.807, 2.05) is 0 Å². The van der Waals surface area contributed by atoms with E-state index >= 15 is 0 Å². The lowest BCUT2D eigenvalue weighted by molar-refractivity contribution is 0.143. The first-order chi connectivity index (χ1) is 9.93. The fourth-order valence-corrected chi connectivity index (χ4v) is 2.45. The van der Waals surface area contributed by atoms with Crippen LogP contribution in [0.15, 0.2) is 36.4 Å². The lowest BCUT2D eigenvalue weighted by atomic mass is 9.89. The number of benzene rings is 2. The molecule has 6 heteroatoms. The third kappa shape index (κ3) is 3.52. The van der Waals surface area contributed by atoms with Crippen LogP contribution in [0.5, 0.6) is 0 Å². The first kappa shape index (κ1) is 16.2. The molecular weight excluding hydrogens is 319 g/mol. The number of rotatable bonds is 4. The Morgan fingerprint density at radius 1 is 1.05 bits per heavy atom. The van der Waals surface area contributed by atoms with E-state index in [1.54, 1.807) is 18.2 Å². The average molecular weight is 332 g/mol. The van der Waals surface area contributed by atoms with Gasteiger partial charge in [0.25, 0.3) is 0 Å². The van der Waals surface area contributed by atoms with Gasteiger partial charge in [-0.25, -0.2) is 8.78 Å². The van der Waals surface area contributed by atoms with Crippen molar-refractivity contribution in [3.05, 3.63) is 69.2 Å². The van der Waals surface area contributed by atoms with Crippen molar-refractivity contribution >= 4 is 23.2 Å². The molecule has 2 aromatic rings. The minimum Gasteiger partial charge on any atom is -0.388 e. The van der Waals surface area contributed by atoms with Gasteiger partial charge in [0.1, 0.15) is 11.6 Å². The second-order valence-electron chi connectivity index (χ2n) is 4.63. The van der Waals surface area contributed by atoms with Gasteiger partial charge in [-0.1, -0.05) is 35.3 Å². The third-order valence-corrected chi connectivity index (χ3v) is 4.03. The van der Waals surface area contributed by atoms with Gasteiger partial charge in [-0.15, -0.1) is 0 Å². The Morgan fingerprint density at radius 3 is 2.33 bits per heavy atom. The van der Waals surface area contributed by atoms with Crippen molar-refractivity contribution < 1.29 is 13.9 Å². The maximum absolute atomic E-state index is 13.8. The summed E-state index contributed by atoms with van der Waals surface area (Å²) in [5.74, 6) is -2.11. The zero-order valence-electron chi connectivity index (χ0n) is 10.9. The van der Waals surface area contributed by atoms with Crippen LogP contribution in [0.3, 0.4) is 0 Å². The van der Waals surface area contributed by atoms with Crippen molar-refractivity contribution in [3.63, 3.8) is 0 Å². The molecule has 0 aliphatic heterocycles. The Morgan fingerprint density at radius 2 is 1.76 bits per heavy atom. The van der Waals surface area contributed by atoms with Crippen molar-refractivity contribution in [1.82, 2.24) is 0 Å². The van der Waals surface area contributed by atoms with E-state index in [4.69, 9.17) is 28.9 Å². The fraction of sp³-hybridized carbons (Fsp3) is 0.200. The topological polar surface area (TPSA) is 46.2 Å². The minimum absolute atomic E-state index is 0.0158. The summed E-state index contributed by atoms with van der Waals surface area (Å²) in [6, 6.07) is 7.83. The molecule has 21 heavy (non-hydrogen) atoms. The maximum Gasteiger partial charge on any atom is 0.131 e. The quantitative estimate of drug-likeness (QED) is 0.887. The Hall–Kier alpha value is -1.20. The van der Waals surface area contributed by atoms with Crippen molar-refractivity contribution in [3.8, 4) is 0 Å². The van der Waals surface area contributed by atoms with Gasteiger partial charge in [-0.05, 0) is 23.8 Å². The normalized spacial score (nSPS) is 14.0. The first-order valence-corrected chi connectivity index (χ1v) is 6.97. The minimum atomic E-state index is -1.21. The standard InChI is InChI=1S/C15H13Cl2F2NO/c16-12-4-1-8(5-13(12)17)11(7-20)15(21)10-3-2-9(18)6-14(10)19/h1-6,11,15,21H,7,20H2. The summed E-state index contributed by atoms with van der Waals surface area (Å²) in [5, 5.41) is 11.0. The number of hydrogen-bond acceptors (Lipinski definition) is 2. The smallest absolute Gasteiger partial charge is 0.131 e. The van der Waals surface area contributed by atoms with Gasteiger partial charge in [0.15, 0.2) is 0 Å². The largest absolute Gasteiger partial charge is 0.388 e. The summed E-state index contributed by atoms with van der Waals surface area (Å²) in [6.07, 6.45) is -1.21. The zero-order chi connectivity index (χ0) is 15.6. The fourth-order valence-electron chi connectivity index (χ4n) is 2.15. The Balaban J connectivity index is 2.37. The predicted octanol–water partition coefficient (Wildman–Crippen LogP) is 4.05. The summed E-state index contributed by atoms with van der Waals surface area (Å²) in [5.41, 5.74) is 6.29. The molecule has 112 valence electrons. The van der Waals surface area contributed by atoms with Crippen LogP contribution in [0.25, 0.3) is 0 Å². The number of halogens is 4. The van der Waals surface area contributed by atoms with Crippen molar-refractivity contribution in [1.29, 1.82) is 0 Å². The van der Waals surface area contributed by atoms with E-state index in [0.29, 0.717) is 15.6 Å². The van der Waals surface area contributed by atoms with Crippen LogP contribution < -0.4 is 5.73 Å². The molecule has 0 spiro atoms. The van der Waals surface area contributed by atoms with E-state index in [-0.39, 0.29) is 12.1 Å². The summed E-state index contributed by atoms with van der Waals surface area (Å²) < 4.78 is 26.7. The molecule has 0 aliphatic rings. The van der Waals surface area contributed by atoms with E-state index in [2.05, 4.69) is 0 Å². The molecule has 2 rings (SSSR count). The second kappa shape index (κ2) is 6.71. The Labute approximate surface area is 131 Å². The number of hydrogen-bond donors (Lipinski definition) is 2. The highest BCUT2D eigenvalue weighted by Gasteiger charge is 2.24. The highest BCUT2D eigenvalue weighted by atomic mass is 35.5. The number of aliphatic hydroxyl groups is 1. The first-order valence-electron chi connectivity index (χ1n) is 6.22. The number of aliphatic hydroxyl groups excluding tert-OH is 1. The van der Waals surface area contributed by atoms with Crippen LogP contribution in [0.1, 0.15) is 23.1 Å². The van der Waals surface area contributed by atoms with Gasteiger partial charge < -0.3 is 10.8 Å². The van der Waals surface area contributed by atoms with Gasteiger partial charge in [0, 0.05) is 24.1 Å². The molecule has 0 heterocycles. The molecule has 0 amide bonds. The van der Waals surface area contributed by atoms with Gasteiger partial charge in [-0.3, -0.25) is 0 Å². The molecule has 0 fully saturated rings. The van der Waals surface area contributed by atoms with E-state index in [1.165, 1.54) is 6.07 Å². The summed E-state index contributed by atoms with van der Waals surface area (Å²) in [7, 11) is 0. The van der Waals surface area contributed by atoms with Crippen LogP contribution in [-0.4, -0.2) is 11.7 Å². The van der Waals surface area contributed by atoms with E-state index in [0.717, 1.165) is 12.1 Å². The van der Waals surface area contributed by atoms with Crippen molar-refractivity contribution in [2.24, 2.45) is 5.73 Å². The van der Waals surface area contributed by atoms with Crippen LogP contribution >= 0.6 is 23.2 Å². The van der Waals surface area contributed by atoms with Crippen LogP contribution in [0, 0.1) is 11.6 Å². The van der Waals surface area contributed by atoms with Crippen LogP contribution in [0.2, 0.25) is 10.0 Å². The van der Waals surface area contributed by atoms with Gasteiger partial charge in [0.05, 0.1) is 16.1 Å². The lowest BCUT2D eigenvalue weighted by Crippen LogP contribution is -2.21. The highest BCUT2D eigenvalue weighted by Crippen LogP contribution is 2.34. The molecule has 0 aromatic heterocycles. The second-order valence-corrected chi connectivity index (χ2v) is 5.44. The molecule has 0 saturated carbocycles. The number of nitrogens with two attached hydrogens (primary N) is 1. The van der Waals surface area contributed by atoms with Gasteiger partial charge in [-0.2, -0.15) is 0 Å². The van der Waals surface area contributed by atoms with Crippen molar-refractivity contribution in [2.45, 2.75) is 12.0 Å². The molecule has 0 radical (unpaired) electrons. The molecule has 0 aliphatic carbocycles. The monoisotopic (exact) mass is 331 g/mol. The van der Waals surface area contributed by atoms with Crippen LogP contribution in [0.4, 0.5) is 8.78 Å². The highest BCUT2D eigenvalue weighted by molar-refractivity contribution is 6.42. The SMILES string of the molecule is NCC(c1ccc(Cl)c(Cl)c1)C(O)c1ccc(F)cc1F. The Kier molecular flexibility index (Phi) is 5.17. The van der Waals surface area contributed by atoms with Gasteiger partial charge in [0.2, 0.25) is 0 Å². The predicted molar refractivity (Wildman–Crippen MR) is 79.6 cm³/mol. The molecule has 2 unspecified atom stereocenters. The average Bonchev–Trinajstić information content (AvgIpc) is 2.43. The maximum atomic E-state index is 13.8. The third-order valence-electron chi connectivity index (χ3n) is 3.29. The molecule has 0 bridgehead atoms. The molecule has 3 N–H and O–H groups in total. The molecule has 2 aromatic carbocycles. The summed E-state index contributed by atoms with van der Waals surface area (Å²) in [6.45, 7) is 0.0654. The van der Waals surface area contributed by atoms with E-state index < -0.39 is 23.7 Å². The molecule has 0 saturated heterocycles. The summed E-state index contributed by atoms with van der Waals surface area (Å²) >= 11 is 11.8. The van der Waals surface area contributed by atoms with Crippen molar-refractivity contribution in [2.75, 3.05) is 6.54 Å². The molecule has 2 atom stereocenters. The van der Waals surface area contributed by atoms with Crippen LogP contribution in [-0.2, 0) is 0 Å².